The lowest BCUT2D eigenvalue weighted by molar-refractivity contribution is -0.147. The van der Waals surface area contributed by atoms with Gasteiger partial charge < -0.3 is 31.1 Å². The smallest absolute Gasteiger partial charge is 0.287 e. The SMILES string of the molecule is CC(C)(O)c1cnnn1[C@H]1C[C@@H](C(=O)NC2(C(=O)C(N)=O)CCOCC2)N(C(=O)[C@@H](CC2CCCCC2)NC(=O)c2ccc(S(=O)(=O)NCC3CC3)cc2)C1. The normalized spacial score (nSPS) is 22.5. The Morgan fingerprint density at radius 3 is 2.31 bits per heavy atom. The fourth-order valence-corrected chi connectivity index (χ4v) is 9.07. The number of aromatic nitrogens is 3. The number of benzene rings is 1. The molecule has 4 amide bonds. The molecule has 300 valence electrons. The largest absolute Gasteiger partial charge is 0.384 e. The van der Waals surface area contributed by atoms with Gasteiger partial charge in [-0.05, 0) is 69.2 Å². The summed E-state index contributed by atoms with van der Waals surface area (Å²) in [6, 6.07) is 2.64. The molecule has 4 aliphatic rings. The number of hydrogen-bond acceptors (Lipinski definition) is 11. The van der Waals surface area contributed by atoms with E-state index in [9.17, 15) is 37.5 Å². The van der Waals surface area contributed by atoms with Crippen LogP contribution >= 0.6 is 0 Å². The fourth-order valence-electron chi connectivity index (χ4n) is 7.96. The van der Waals surface area contributed by atoms with Crippen LogP contribution in [0.4, 0.5) is 0 Å². The van der Waals surface area contributed by atoms with Crippen LogP contribution in [0.5, 0.6) is 0 Å². The van der Waals surface area contributed by atoms with Gasteiger partial charge in [-0.25, -0.2) is 17.8 Å². The van der Waals surface area contributed by atoms with Crippen molar-refractivity contribution in [3.8, 4) is 0 Å². The first-order chi connectivity index (χ1) is 26.1. The zero-order chi connectivity index (χ0) is 39.5. The molecule has 6 N–H and O–H groups in total. The highest BCUT2D eigenvalue weighted by Crippen LogP contribution is 2.34. The van der Waals surface area contributed by atoms with Gasteiger partial charge in [0, 0.05) is 51.1 Å². The Morgan fingerprint density at radius 2 is 1.69 bits per heavy atom. The average Bonchev–Trinajstić information content (AvgIpc) is 3.65. The molecule has 0 unspecified atom stereocenters. The number of ether oxygens (including phenoxy) is 1. The minimum Gasteiger partial charge on any atom is -0.384 e. The molecule has 4 fully saturated rings. The van der Waals surface area contributed by atoms with E-state index >= 15 is 0 Å². The third-order valence-electron chi connectivity index (χ3n) is 11.4. The van der Waals surface area contributed by atoms with E-state index in [1.165, 1.54) is 40.0 Å². The first kappa shape index (κ1) is 40.4. The zero-order valence-electron chi connectivity index (χ0n) is 31.4. The number of primary amides is 1. The van der Waals surface area contributed by atoms with Gasteiger partial charge in [-0.3, -0.25) is 24.0 Å². The van der Waals surface area contributed by atoms with E-state index in [4.69, 9.17) is 10.5 Å². The molecule has 2 aliphatic carbocycles. The number of aliphatic hydroxyl groups is 1. The first-order valence-corrected chi connectivity index (χ1v) is 20.6. The van der Waals surface area contributed by atoms with Crippen LogP contribution in [0, 0.1) is 11.8 Å². The summed E-state index contributed by atoms with van der Waals surface area (Å²) in [6.45, 7) is 3.65. The highest BCUT2D eigenvalue weighted by molar-refractivity contribution is 7.89. The van der Waals surface area contributed by atoms with Crippen molar-refractivity contribution < 1.29 is 42.2 Å². The molecular weight excluding hydrogens is 733 g/mol. The lowest BCUT2D eigenvalue weighted by Gasteiger charge is -2.37. The van der Waals surface area contributed by atoms with Crippen molar-refractivity contribution in [1.82, 2.24) is 35.2 Å². The molecule has 0 spiro atoms. The number of nitrogens with zero attached hydrogens (tertiary/aromatic N) is 4. The number of amides is 4. The summed E-state index contributed by atoms with van der Waals surface area (Å²) in [5.74, 6) is -3.51. The van der Waals surface area contributed by atoms with Gasteiger partial charge in [0.2, 0.25) is 27.6 Å². The van der Waals surface area contributed by atoms with Crippen LogP contribution in [-0.4, -0.2) is 107 Å². The quantitative estimate of drug-likeness (QED) is 0.158. The maximum atomic E-state index is 14.8. The minimum atomic E-state index is -3.76. The van der Waals surface area contributed by atoms with E-state index in [1.807, 2.05) is 0 Å². The van der Waals surface area contributed by atoms with Crippen LogP contribution < -0.4 is 21.1 Å². The Bertz CT molecular complexity index is 1860. The lowest BCUT2D eigenvalue weighted by Crippen LogP contribution is -2.64. The predicted molar refractivity (Wildman–Crippen MR) is 196 cm³/mol. The van der Waals surface area contributed by atoms with Crippen molar-refractivity contribution >= 4 is 39.4 Å². The molecule has 0 radical (unpaired) electrons. The molecule has 0 bridgehead atoms. The van der Waals surface area contributed by atoms with Crippen molar-refractivity contribution in [2.75, 3.05) is 26.3 Å². The van der Waals surface area contributed by atoms with Gasteiger partial charge in [-0.2, -0.15) is 0 Å². The van der Waals surface area contributed by atoms with E-state index in [-0.39, 0.29) is 55.4 Å². The number of hydrogen-bond donors (Lipinski definition) is 5. The number of nitrogens with one attached hydrogen (secondary N) is 3. The van der Waals surface area contributed by atoms with Crippen LogP contribution in [-0.2, 0) is 39.5 Å². The highest BCUT2D eigenvalue weighted by Gasteiger charge is 2.49. The maximum Gasteiger partial charge on any atom is 0.287 e. The van der Waals surface area contributed by atoms with Gasteiger partial charge in [0.25, 0.3) is 11.8 Å². The molecule has 2 aromatic rings. The Balaban J connectivity index is 1.28. The third kappa shape index (κ3) is 9.41. The van der Waals surface area contributed by atoms with E-state index in [2.05, 4.69) is 25.7 Å². The van der Waals surface area contributed by atoms with Crippen LogP contribution in [0.3, 0.4) is 0 Å². The summed E-state index contributed by atoms with van der Waals surface area (Å²) in [4.78, 5) is 69.6. The Labute approximate surface area is 320 Å². The number of rotatable bonds is 15. The molecule has 3 heterocycles. The first-order valence-electron chi connectivity index (χ1n) is 19.2. The summed E-state index contributed by atoms with van der Waals surface area (Å²) in [5.41, 5.74) is 2.94. The minimum absolute atomic E-state index is 0.00751. The van der Waals surface area contributed by atoms with E-state index in [1.54, 1.807) is 13.8 Å². The van der Waals surface area contributed by atoms with Gasteiger partial charge in [0.15, 0.2) is 0 Å². The number of sulfonamides is 1. The number of carbonyl (C=O) groups is 5. The van der Waals surface area contributed by atoms with Crippen molar-refractivity contribution in [2.45, 2.75) is 119 Å². The fraction of sp³-hybridized carbons (Fsp3) is 0.649. The second kappa shape index (κ2) is 16.5. The molecule has 3 atom stereocenters. The van der Waals surface area contributed by atoms with Gasteiger partial charge in [-0.1, -0.05) is 37.3 Å². The van der Waals surface area contributed by atoms with Gasteiger partial charge in [0.1, 0.15) is 23.2 Å². The molecule has 2 saturated carbocycles. The Morgan fingerprint density at radius 1 is 1.02 bits per heavy atom. The molecule has 1 aromatic heterocycles. The summed E-state index contributed by atoms with van der Waals surface area (Å²) in [5, 5.41) is 24.7. The van der Waals surface area contributed by atoms with Crippen molar-refractivity contribution in [3.63, 3.8) is 0 Å². The zero-order valence-corrected chi connectivity index (χ0v) is 32.2. The standard InChI is InChI=1S/C37H52N8O9S/c1-36(2,51)30-21-39-43-45(30)26-19-29(34(49)42-37(31(46)32(38)47)14-16-54-17-15-37)44(22-26)35(50)28(18-23-6-4-3-5-7-23)41-33(48)25-10-12-27(13-11-25)55(52,53)40-20-24-8-9-24/h10-13,21,23-24,26,28-29,40,51H,3-9,14-20,22H2,1-2H3,(H2,38,47)(H,41,48)(H,42,49)/t26-,28+,29-/m0/s1. The third-order valence-corrected chi connectivity index (χ3v) is 12.8. The van der Waals surface area contributed by atoms with Gasteiger partial charge in [-0.15, -0.1) is 5.10 Å². The molecule has 18 heteroatoms. The van der Waals surface area contributed by atoms with Crippen LogP contribution in [0.1, 0.15) is 107 Å². The van der Waals surface area contributed by atoms with Crippen LogP contribution in [0.15, 0.2) is 35.4 Å². The molecular formula is C37H52N8O9S. The second-order valence-corrected chi connectivity index (χ2v) is 17.7. The summed E-state index contributed by atoms with van der Waals surface area (Å²) in [6.07, 6.45) is 8.47. The monoisotopic (exact) mass is 784 g/mol. The van der Waals surface area contributed by atoms with Crippen LogP contribution in [0.2, 0.25) is 0 Å². The molecule has 1 aromatic carbocycles. The topological polar surface area (TPSA) is 245 Å². The lowest BCUT2D eigenvalue weighted by atomic mass is 9.84. The average molecular weight is 785 g/mol. The maximum absolute atomic E-state index is 14.8. The van der Waals surface area contributed by atoms with Crippen molar-refractivity contribution in [1.29, 1.82) is 0 Å². The number of nitrogens with two attached hydrogens (primary N) is 1. The molecule has 55 heavy (non-hydrogen) atoms. The number of Topliss-reactive ketones (excluding diaryl/α,β-unsaturated/α-hetero) is 1. The number of ketones is 1. The van der Waals surface area contributed by atoms with Crippen molar-refractivity contribution in [2.24, 2.45) is 17.6 Å². The molecule has 2 saturated heterocycles. The summed E-state index contributed by atoms with van der Waals surface area (Å²) in [7, 11) is -3.76. The second-order valence-electron chi connectivity index (χ2n) is 16.0. The number of likely N-dealkylation sites (tertiary alicyclic amines) is 1. The number of carbonyl (C=O) groups excluding carboxylic acids is 5. The van der Waals surface area contributed by atoms with Crippen molar-refractivity contribution in [3.05, 3.63) is 41.7 Å². The van der Waals surface area contributed by atoms with Gasteiger partial charge in [0.05, 0.1) is 22.8 Å². The Kier molecular flexibility index (Phi) is 12.1. The highest BCUT2D eigenvalue weighted by atomic mass is 32.2. The summed E-state index contributed by atoms with van der Waals surface area (Å²) >= 11 is 0. The summed E-state index contributed by atoms with van der Waals surface area (Å²) < 4.78 is 35.1. The molecule has 2 aliphatic heterocycles. The van der Waals surface area contributed by atoms with Gasteiger partial charge >= 0.3 is 0 Å². The molecule has 17 nitrogen and oxygen atoms in total. The van der Waals surface area contributed by atoms with E-state index in [0.29, 0.717) is 24.6 Å². The predicted octanol–water partition coefficient (Wildman–Crippen LogP) is 0.825. The molecule has 6 rings (SSSR count). The van der Waals surface area contributed by atoms with E-state index < -0.39 is 68.7 Å². The Hall–Kier alpha value is -4.26. The van der Waals surface area contributed by atoms with E-state index in [0.717, 1.165) is 44.9 Å². The van der Waals surface area contributed by atoms with Crippen LogP contribution in [0.25, 0.3) is 0 Å².